The first-order valence-electron chi connectivity index (χ1n) is 3.18. The zero-order chi connectivity index (χ0) is 7.11. The minimum absolute atomic E-state index is 0.219. The summed E-state index contributed by atoms with van der Waals surface area (Å²) in [5, 5.41) is 17.0. The highest BCUT2D eigenvalue weighted by Crippen LogP contribution is 1.84. The van der Waals surface area contributed by atoms with Crippen molar-refractivity contribution >= 4 is 0 Å². The zero-order valence-corrected chi connectivity index (χ0v) is 5.71. The summed E-state index contributed by atoms with van der Waals surface area (Å²) in [5.74, 6) is 0. The molecule has 0 aromatic rings. The Morgan fingerprint density at radius 2 is 2.22 bits per heavy atom. The lowest BCUT2D eigenvalue weighted by Gasteiger charge is -2.05. The van der Waals surface area contributed by atoms with E-state index in [9.17, 15) is 0 Å². The summed E-state index contributed by atoms with van der Waals surface area (Å²) in [6.07, 6.45) is 0.231. The van der Waals surface area contributed by atoms with E-state index in [0.717, 1.165) is 6.42 Å². The van der Waals surface area contributed by atoms with Crippen molar-refractivity contribution in [1.82, 2.24) is 0 Å². The van der Waals surface area contributed by atoms with Crippen LogP contribution in [0.25, 0.3) is 0 Å². The van der Waals surface area contributed by atoms with Crippen molar-refractivity contribution in [3.8, 4) is 0 Å². The van der Waals surface area contributed by atoms with Crippen LogP contribution in [0.4, 0.5) is 0 Å². The molecule has 1 atom stereocenters. The van der Waals surface area contributed by atoms with E-state index in [1.807, 2.05) is 6.92 Å². The van der Waals surface area contributed by atoms with Gasteiger partial charge >= 0.3 is 0 Å². The Balaban J connectivity index is 2.88. The van der Waals surface area contributed by atoms with Gasteiger partial charge in [0.1, 0.15) is 6.10 Å². The van der Waals surface area contributed by atoms with Crippen molar-refractivity contribution < 1.29 is 14.9 Å². The quantitative estimate of drug-likeness (QED) is 0.510. The topological polar surface area (TPSA) is 49.7 Å². The Kier molecular flexibility index (Phi) is 5.93. The second kappa shape index (κ2) is 6.01. The van der Waals surface area contributed by atoms with Gasteiger partial charge in [-0.2, -0.15) is 0 Å². The first-order valence-corrected chi connectivity index (χ1v) is 3.18. The van der Waals surface area contributed by atoms with Crippen LogP contribution < -0.4 is 0 Å². The first kappa shape index (κ1) is 8.88. The molecule has 56 valence electrons. The van der Waals surface area contributed by atoms with Gasteiger partial charge in [0.05, 0.1) is 13.2 Å². The SMILES string of the molecule is CCCOC[C@@H](O)CO. The summed E-state index contributed by atoms with van der Waals surface area (Å²) in [6.45, 7) is 2.66. The van der Waals surface area contributed by atoms with E-state index in [1.54, 1.807) is 0 Å². The van der Waals surface area contributed by atoms with Gasteiger partial charge in [0.2, 0.25) is 0 Å². The first-order chi connectivity index (χ1) is 4.31. The van der Waals surface area contributed by atoms with Gasteiger partial charge in [-0.15, -0.1) is 0 Å². The zero-order valence-electron chi connectivity index (χ0n) is 5.71. The molecule has 2 N–H and O–H groups in total. The minimum Gasteiger partial charge on any atom is -0.394 e. The van der Waals surface area contributed by atoms with Gasteiger partial charge in [-0.3, -0.25) is 0 Å². The van der Waals surface area contributed by atoms with Crippen LogP contribution in [-0.4, -0.2) is 36.1 Å². The van der Waals surface area contributed by atoms with Crippen LogP contribution in [0.1, 0.15) is 13.3 Å². The molecule has 0 aliphatic heterocycles. The predicted octanol–water partition coefficient (Wildman–Crippen LogP) is -0.234. The minimum atomic E-state index is -0.712. The standard InChI is InChI=1S/C6H14O3/c1-2-3-9-5-6(8)4-7/h6-8H,2-5H2,1H3/t6-/m0/s1. The molecule has 0 aliphatic rings. The molecule has 0 saturated heterocycles. The molecule has 0 amide bonds. The molecular weight excluding hydrogens is 120 g/mol. The average Bonchev–Trinajstić information content (AvgIpc) is 1.89. The van der Waals surface area contributed by atoms with Gasteiger partial charge in [0.15, 0.2) is 0 Å². The fourth-order valence-corrected chi connectivity index (χ4v) is 0.416. The number of rotatable bonds is 5. The monoisotopic (exact) mass is 134 g/mol. The summed E-state index contributed by atoms with van der Waals surface area (Å²) in [5.41, 5.74) is 0. The van der Waals surface area contributed by atoms with E-state index in [2.05, 4.69) is 0 Å². The van der Waals surface area contributed by atoms with E-state index >= 15 is 0 Å². The van der Waals surface area contributed by atoms with Crippen LogP contribution in [-0.2, 0) is 4.74 Å². The van der Waals surface area contributed by atoms with Crippen LogP contribution in [0, 0.1) is 0 Å². The number of hydrogen-bond acceptors (Lipinski definition) is 3. The summed E-state index contributed by atoms with van der Waals surface area (Å²) in [4.78, 5) is 0. The molecule has 0 aliphatic carbocycles. The average molecular weight is 134 g/mol. The maximum atomic E-state index is 8.71. The molecule has 0 spiro atoms. The van der Waals surface area contributed by atoms with E-state index < -0.39 is 6.10 Å². The Hall–Kier alpha value is -0.120. The van der Waals surface area contributed by atoms with Gasteiger partial charge in [-0.05, 0) is 6.42 Å². The molecule has 0 saturated carbocycles. The molecule has 0 heterocycles. The second-order valence-electron chi connectivity index (χ2n) is 1.91. The number of ether oxygens (including phenoxy) is 1. The fraction of sp³-hybridized carbons (Fsp3) is 1.00. The third-order valence-corrected chi connectivity index (χ3v) is 0.869. The van der Waals surface area contributed by atoms with Gasteiger partial charge < -0.3 is 14.9 Å². The van der Waals surface area contributed by atoms with E-state index in [4.69, 9.17) is 14.9 Å². The van der Waals surface area contributed by atoms with Crippen molar-refractivity contribution in [2.24, 2.45) is 0 Å². The van der Waals surface area contributed by atoms with Crippen LogP contribution in [0.2, 0.25) is 0 Å². The van der Waals surface area contributed by atoms with Crippen molar-refractivity contribution in [2.45, 2.75) is 19.4 Å². The van der Waals surface area contributed by atoms with Gasteiger partial charge in [0, 0.05) is 6.61 Å². The predicted molar refractivity (Wildman–Crippen MR) is 34.2 cm³/mol. The van der Waals surface area contributed by atoms with Crippen molar-refractivity contribution in [2.75, 3.05) is 19.8 Å². The number of aliphatic hydroxyl groups is 2. The molecule has 0 fully saturated rings. The maximum Gasteiger partial charge on any atom is 0.100 e. The molecule has 0 aromatic carbocycles. The Labute approximate surface area is 55.3 Å². The lowest BCUT2D eigenvalue weighted by Crippen LogP contribution is -2.19. The molecule has 0 aromatic heterocycles. The molecule has 3 nitrogen and oxygen atoms in total. The fourth-order valence-electron chi connectivity index (χ4n) is 0.416. The summed E-state index contributed by atoms with van der Waals surface area (Å²) < 4.78 is 4.93. The third-order valence-electron chi connectivity index (χ3n) is 0.869. The largest absolute Gasteiger partial charge is 0.394 e. The van der Waals surface area contributed by atoms with Crippen molar-refractivity contribution in [1.29, 1.82) is 0 Å². The Morgan fingerprint density at radius 3 is 2.67 bits per heavy atom. The van der Waals surface area contributed by atoms with Gasteiger partial charge in [-0.25, -0.2) is 0 Å². The molecule has 0 rings (SSSR count). The third kappa shape index (κ3) is 5.76. The lowest BCUT2D eigenvalue weighted by molar-refractivity contribution is 0.00653. The van der Waals surface area contributed by atoms with E-state index in [0.29, 0.717) is 6.61 Å². The summed E-state index contributed by atoms with van der Waals surface area (Å²) >= 11 is 0. The molecule has 0 radical (unpaired) electrons. The highest BCUT2D eigenvalue weighted by Gasteiger charge is 1.98. The highest BCUT2D eigenvalue weighted by molar-refractivity contribution is 4.47. The van der Waals surface area contributed by atoms with Gasteiger partial charge in [0.25, 0.3) is 0 Å². The molecule has 3 heteroatoms. The lowest BCUT2D eigenvalue weighted by atomic mass is 10.4. The molecule has 9 heavy (non-hydrogen) atoms. The molecule has 0 unspecified atom stereocenters. The second-order valence-corrected chi connectivity index (χ2v) is 1.91. The van der Waals surface area contributed by atoms with E-state index in [1.165, 1.54) is 0 Å². The van der Waals surface area contributed by atoms with Crippen LogP contribution in [0.3, 0.4) is 0 Å². The summed E-state index contributed by atoms with van der Waals surface area (Å²) in [6, 6.07) is 0. The normalized spacial score (nSPS) is 13.7. The van der Waals surface area contributed by atoms with Crippen LogP contribution in [0.15, 0.2) is 0 Å². The number of hydrogen-bond donors (Lipinski definition) is 2. The Bertz CT molecular complexity index is 56.3. The van der Waals surface area contributed by atoms with Crippen molar-refractivity contribution in [3.05, 3.63) is 0 Å². The number of aliphatic hydroxyl groups excluding tert-OH is 2. The van der Waals surface area contributed by atoms with E-state index in [-0.39, 0.29) is 13.2 Å². The van der Waals surface area contributed by atoms with Crippen molar-refractivity contribution in [3.63, 3.8) is 0 Å². The maximum absolute atomic E-state index is 8.71. The molecule has 0 bridgehead atoms. The smallest absolute Gasteiger partial charge is 0.100 e. The van der Waals surface area contributed by atoms with Crippen LogP contribution in [0.5, 0.6) is 0 Å². The summed E-state index contributed by atoms with van der Waals surface area (Å²) in [7, 11) is 0. The highest BCUT2D eigenvalue weighted by atomic mass is 16.5. The van der Waals surface area contributed by atoms with Gasteiger partial charge in [-0.1, -0.05) is 6.92 Å². The Morgan fingerprint density at radius 1 is 1.56 bits per heavy atom. The molecular formula is C6H14O3. The van der Waals surface area contributed by atoms with Crippen LogP contribution >= 0.6 is 0 Å².